The standard InChI is InChI=1S/C29H27N3O2S/c1-18-12-19(2)14-22(13-18)28-24(25-15-20(29(33)34)5-7-26(25)32-28)9-11-31-17-23-6-8-27(35-23)21-4-3-10-30-16-21/h3-8,10,12-16,31-32H,9,11,17H2,1-2H3,(H,33,34). The molecule has 0 unspecified atom stereocenters. The van der Waals surface area contributed by atoms with Gasteiger partial charge in [0.2, 0.25) is 0 Å². The summed E-state index contributed by atoms with van der Waals surface area (Å²) >= 11 is 1.77. The number of carboxylic acids is 1. The largest absolute Gasteiger partial charge is 0.478 e. The Morgan fingerprint density at radius 1 is 1.03 bits per heavy atom. The molecule has 3 aromatic heterocycles. The number of pyridine rings is 1. The summed E-state index contributed by atoms with van der Waals surface area (Å²) in [6.45, 7) is 5.77. The zero-order chi connectivity index (χ0) is 24.4. The summed E-state index contributed by atoms with van der Waals surface area (Å²) in [5.41, 5.74) is 8.14. The lowest BCUT2D eigenvalue weighted by molar-refractivity contribution is 0.0697. The van der Waals surface area contributed by atoms with Crippen molar-refractivity contribution in [3.8, 4) is 21.7 Å². The number of thiophene rings is 1. The molecule has 0 aliphatic carbocycles. The van der Waals surface area contributed by atoms with Gasteiger partial charge in [0.1, 0.15) is 0 Å². The van der Waals surface area contributed by atoms with Gasteiger partial charge in [0.25, 0.3) is 0 Å². The smallest absolute Gasteiger partial charge is 0.335 e. The third-order valence-corrected chi connectivity index (χ3v) is 7.26. The number of fused-ring (bicyclic) bond motifs is 1. The summed E-state index contributed by atoms with van der Waals surface area (Å²) in [6.07, 6.45) is 4.46. The Bertz CT molecular complexity index is 1480. The second kappa shape index (κ2) is 9.86. The maximum atomic E-state index is 11.6. The van der Waals surface area contributed by atoms with Gasteiger partial charge in [-0.15, -0.1) is 11.3 Å². The number of hydrogen-bond donors (Lipinski definition) is 3. The third kappa shape index (κ3) is 5.04. The van der Waals surface area contributed by atoms with E-state index in [0.29, 0.717) is 5.56 Å². The number of aryl methyl sites for hydroxylation is 2. The van der Waals surface area contributed by atoms with Gasteiger partial charge in [-0.1, -0.05) is 23.3 Å². The van der Waals surface area contributed by atoms with Crippen molar-refractivity contribution in [3.63, 3.8) is 0 Å². The van der Waals surface area contributed by atoms with Gasteiger partial charge in [-0.05, 0) is 86.5 Å². The topological polar surface area (TPSA) is 78.0 Å². The fourth-order valence-corrected chi connectivity index (χ4v) is 5.53. The van der Waals surface area contributed by atoms with Crippen LogP contribution in [0.3, 0.4) is 0 Å². The van der Waals surface area contributed by atoms with Crippen LogP contribution in [0.5, 0.6) is 0 Å². The summed E-state index contributed by atoms with van der Waals surface area (Å²) in [7, 11) is 0. The maximum Gasteiger partial charge on any atom is 0.335 e. The Kier molecular flexibility index (Phi) is 6.49. The highest BCUT2D eigenvalue weighted by molar-refractivity contribution is 7.15. The van der Waals surface area contributed by atoms with Crippen LogP contribution in [0.2, 0.25) is 0 Å². The van der Waals surface area contributed by atoms with Crippen molar-refractivity contribution in [2.75, 3.05) is 6.54 Å². The van der Waals surface area contributed by atoms with Gasteiger partial charge < -0.3 is 15.4 Å². The summed E-state index contributed by atoms with van der Waals surface area (Å²) in [5, 5.41) is 14.1. The predicted octanol–water partition coefficient (Wildman–Crippen LogP) is 6.61. The molecule has 0 aliphatic heterocycles. The molecular weight excluding hydrogens is 454 g/mol. The molecule has 0 bridgehead atoms. The number of nitrogens with zero attached hydrogens (tertiary/aromatic N) is 1. The molecule has 5 rings (SSSR count). The van der Waals surface area contributed by atoms with Crippen LogP contribution in [0.4, 0.5) is 0 Å². The van der Waals surface area contributed by atoms with Gasteiger partial charge in [-0.3, -0.25) is 4.98 Å². The Hall–Kier alpha value is -3.74. The van der Waals surface area contributed by atoms with E-state index < -0.39 is 5.97 Å². The first-order valence-corrected chi connectivity index (χ1v) is 12.5. The van der Waals surface area contributed by atoms with E-state index in [0.717, 1.165) is 52.8 Å². The van der Waals surface area contributed by atoms with E-state index in [1.165, 1.54) is 20.9 Å². The Balaban J connectivity index is 1.38. The van der Waals surface area contributed by atoms with E-state index >= 15 is 0 Å². The number of aromatic amines is 1. The SMILES string of the molecule is Cc1cc(C)cc(-c2[nH]c3ccc(C(=O)O)cc3c2CCNCc2ccc(-c3cccnc3)s2)c1. The molecule has 0 fully saturated rings. The number of carboxylic acid groups (broad SMARTS) is 1. The van der Waals surface area contributed by atoms with Crippen molar-refractivity contribution in [1.82, 2.24) is 15.3 Å². The summed E-state index contributed by atoms with van der Waals surface area (Å²) in [6, 6.07) is 20.2. The van der Waals surface area contributed by atoms with Crippen molar-refractivity contribution >= 4 is 28.2 Å². The van der Waals surface area contributed by atoms with Crippen LogP contribution in [0, 0.1) is 13.8 Å². The van der Waals surface area contributed by atoms with Gasteiger partial charge in [0.05, 0.1) is 5.56 Å². The van der Waals surface area contributed by atoms with E-state index in [1.807, 2.05) is 18.3 Å². The molecule has 3 N–H and O–H groups in total. The first-order valence-electron chi connectivity index (χ1n) is 11.6. The predicted molar refractivity (Wildman–Crippen MR) is 143 cm³/mol. The molecule has 176 valence electrons. The molecule has 5 nitrogen and oxygen atoms in total. The monoisotopic (exact) mass is 481 g/mol. The molecule has 35 heavy (non-hydrogen) atoms. The second-order valence-electron chi connectivity index (χ2n) is 8.85. The van der Waals surface area contributed by atoms with Gasteiger partial charge >= 0.3 is 5.97 Å². The normalized spacial score (nSPS) is 11.3. The minimum absolute atomic E-state index is 0.305. The van der Waals surface area contributed by atoms with Crippen LogP contribution in [-0.2, 0) is 13.0 Å². The molecular formula is C29H27N3O2S. The zero-order valence-corrected chi connectivity index (χ0v) is 20.6. The van der Waals surface area contributed by atoms with Crippen LogP contribution in [0.15, 0.2) is 73.1 Å². The van der Waals surface area contributed by atoms with Gasteiger partial charge in [0.15, 0.2) is 0 Å². The van der Waals surface area contributed by atoms with E-state index in [-0.39, 0.29) is 0 Å². The van der Waals surface area contributed by atoms with Gasteiger partial charge in [0, 0.05) is 50.9 Å². The Morgan fingerprint density at radius 2 is 1.86 bits per heavy atom. The summed E-state index contributed by atoms with van der Waals surface area (Å²) in [4.78, 5) is 21.9. The average molecular weight is 482 g/mol. The maximum absolute atomic E-state index is 11.6. The molecule has 0 amide bonds. The lowest BCUT2D eigenvalue weighted by atomic mass is 9.99. The molecule has 0 aliphatic rings. The lowest BCUT2D eigenvalue weighted by Crippen LogP contribution is -2.16. The number of nitrogens with one attached hydrogen (secondary N) is 2. The molecule has 0 spiro atoms. The second-order valence-corrected chi connectivity index (χ2v) is 10.0. The fraction of sp³-hybridized carbons (Fsp3) is 0.172. The van der Waals surface area contributed by atoms with Crippen LogP contribution in [-0.4, -0.2) is 27.6 Å². The Labute approximate surface area is 208 Å². The number of carbonyl (C=O) groups is 1. The average Bonchev–Trinajstić information content (AvgIpc) is 3.46. The molecule has 2 aromatic carbocycles. The summed E-state index contributed by atoms with van der Waals surface area (Å²) < 4.78 is 0. The van der Waals surface area contributed by atoms with Crippen LogP contribution < -0.4 is 5.32 Å². The molecule has 0 atom stereocenters. The first-order chi connectivity index (χ1) is 17.0. The highest BCUT2D eigenvalue weighted by atomic mass is 32.1. The third-order valence-electron chi connectivity index (χ3n) is 6.12. The van der Waals surface area contributed by atoms with E-state index in [4.69, 9.17) is 0 Å². The van der Waals surface area contributed by atoms with Crippen molar-refractivity contribution < 1.29 is 9.90 Å². The number of aromatic carboxylic acids is 1. The minimum Gasteiger partial charge on any atom is -0.478 e. The molecule has 0 radical (unpaired) electrons. The first kappa shape index (κ1) is 23.0. The fourth-order valence-electron chi connectivity index (χ4n) is 4.57. The molecule has 3 heterocycles. The lowest BCUT2D eigenvalue weighted by Gasteiger charge is -2.09. The van der Waals surface area contributed by atoms with Gasteiger partial charge in [-0.25, -0.2) is 4.79 Å². The van der Waals surface area contributed by atoms with E-state index in [9.17, 15) is 9.90 Å². The number of benzene rings is 2. The number of aromatic nitrogens is 2. The molecule has 5 aromatic rings. The van der Waals surface area contributed by atoms with E-state index in [1.54, 1.807) is 29.7 Å². The minimum atomic E-state index is -0.910. The molecule has 6 heteroatoms. The van der Waals surface area contributed by atoms with E-state index in [2.05, 4.69) is 65.5 Å². The zero-order valence-electron chi connectivity index (χ0n) is 19.8. The van der Waals surface area contributed by atoms with Crippen molar-refractivity contribution in [1.29, 1.82) is 0 Å². The highest BCUT2D eigenvalue weighted by Crippen LogP contribution is 2.33. The quantitative estimate of drug-likeness (QED) is 0.218. The van der Waals surface area contributed by atoms with Crippen LogP contribution in [0.25, 0.3) is 32.6 Å². The number of H-pyrrole nitrogens is 1. The van der Waals surface area contributed by atoms with Crippen LogP contribution >= 0.6 is 11.3 Å². The number of hydrogen-bond acceptors (Lipinski definition) is 4. The molecule has 0 saturated carbocycles. The van der Waals surface area contributed by atoms with Crippen molar-refractivity contribution in [3.05, 3.63) is 100 Å². The van der Waals surface area contributed by atoms with Gasteiger partial charge in [-0.2, -0.15) is 0 Å². The molecule has 0 saturated heterocycles. The Morgan fingerprint density at radius 3 is 2.60 bits per heavy atom. The van der Waals surface area contributed by atoms with Crippen LogP contribution in [0.1, 0.15) is 31.9 Å². The van der Waals surface area contributed by atoms with Crippen molar-refractivity contribution in [2.24, 2.45) is 0 Å². The highest BCUT2D eigenvalue weighted by Gasteiger charge is 2.16. The van der Waals surface area contributed by atoms with Crippen molar-refractivity contribution in [2.45, 2.75) is 26.8 Å². The number of rotatable bonds is 8. The summed E-state index contributed by atoms with van der Waals surface area (Å²) in [5.74, 6) is -0.910.